The van der Waals surface area contributed by atoms with Gasteiger partial charge in [-0.15, -0.1) is 0 Å². The molecule has 1 aromatic carbocycles. The molecule has 0 aliphatic heterocycles. The van der Waals surface area contributed by atoms with Crippen LogP contribution in [0.5, 0.6) is 5.75 Å². The van der Waals surface area contributed by atoms with Crippen molar-refractivity contribution < 1.29 is 9.66 Å². The van der Waals surface area contributed by atoms with Gasteiger partial charge < -0.3 is 9.72 Å². The zero-order chi connectivity index (χ0) is 16.8. The number of rotatable bonds is 5. The van der Waals surface area contributed by atoms with Gasteiger partial charge in [-0.2, -0.15) is 5.26 Å². The van der Waals surface area contributed by atoms with Gasteiger partial charge in [0.15, 0.2) is 6.61 Å². The molecule has 0 unspecified atom stereocenters. The second-order valence-corrected chi connectivity index (χ2v) is 4.25. The number of H-pyrrole nitrogens is 2. The van der Waals surface area contributed by atoms with E-state index in [9.17, 15) is 19.7 Å². The van der Waals surface area contributed by atoms with Crippen LogP contribution < -0.4 is 16.0 Å². The normalized spacial score (nSPS) is 10.4. The van der Waals surface area contributed by atoms with Crippen molar-refractivity contribution >= 4 is 17.8 Å². The number of benzene rings is 1. The molecule has 116 valence electrons. The minimum atomic E-state index is -1.09. The molecule has 0 amide bonds. The first-order chi connectivity index (χ1) is 11.0. The van der Waals surface area contributed by atoms with Gasteiger partial charge in [0, 0.05) is 5.56 Å². The summed E-state index contributed by atoms with van der Waals surface area (Å²) in [4.78, 5) is 36.8. The summed E-state index contributed by atoms with van der Waals surface area (Å²) in [6, 6.07) is 8.50. The molecular formula is C14H10N4O5. The van der Waals surface area contributed by atoms with Crippen molar-refractivity contribution in [2.45, 2.75) is 0 Å². The average Bonchev–Trinajstić information content (AvgIpc) is 2.50. The number of ether oxygens (including phenoxy) is 1. The molecule has 2 N–H and O–H groups in total. The van der Waals surface area contributed by atoms with Crippen molar-refractivity contribution in [1.82, 2.24) is 9.97 Å². The van der Waals surface area contributed by atoms with E-state index < -0.39 is 21.9 Å². The van der Waals surface area contributed by atoms with E-state index in [0.717, 1.165) is 0 Å². The van der Waals surface area contributed by atoms with E-state index in [1.54, 1.807) is 29.2 Å². The summed E-state index contributed by atoms with van der Waals surface area (Å²) in [5, 5.41) is 19.5. The molecule has 0 saturated carbocycles. The molecule has 9 nitrogen and oxygen atoms in total. The molecule has 0 aliphatic rings. The van der Waals surface area contributed by atoms with Crippen LogP contribution in [0.25, 0.3) is 12.2 Å². The van der Waals surface area contributed by atoms with E-state index in [0.29, 0.717) is 11.3 Å². The van der Waals surface area contributed by atoms with Crippen LogP contribution >= 0.6 is 0 Å². The molecule has 9 heteroatoms. The second-order valence-electron chi connectivity index (χ2n) is 4.25. The third kappa shape index (κ3) is 3.70. The zero-order valence-corrected chi connectivity index (χ0v) is 11.6. The fraction of sp³-hybridized carbons (Fsp3) is 0.0714. The number of hydrogen-bond acceptors (Lipinski definition) is 6. The zero-order valence-electron chi connectivity index (χ0n) is 11.6. The predicted molar refractivity (Wildman–Crippen MR) is 80.8 cm³/mol. The molecule has 0 atom stereocenters. The minimum Gasteiger partial charge on any atom is -0.478 e. The summed E-state index contributed by atoms with van der Waals surface area (Å²) in [7, 11) is 0. The molecule has 1 aromatic heterocycles. The first kappa shape index (κ1) is 15.7. The van der Waals surface area contributed by atoms with Gasteiger partial charge in [-0.3, -0.25) is 19.9 Å². The van der Waals surface area contributed by atoms with E-state index in [1.807, 2.05) is 6.07 Å². The summed E-state index contributed by atoms with van der Waals surface area (Å²) >= 11 is 0. The van der Waals surface area contributed by atoms with Crippen LogP contribution in [-0.2, 0) is 0 Å². The standard InChI is InChI=1S/C14H10N4O5/c15-7-8-23-11-4-2-1-3-9(11)5-6-10-12(18(21)22)13(19)17-14(20)16-10/h1-6H,8H2,(H2,16,17,19,20)/b6-5+. The fourth-order valence-electron chi connectivity index (χ4n) is 1.83. The Hall–Kier alpha value is -3.67. The third-order valence-electron chi connectivity index (χ3n) is 2.77. The molecule has 0 fully saturated rings. The number of para-hydroxylation sites is 1. The van der Waals surface area contributed by atoms with Crippen molar-refractivity contribution in [3.8, 4) is 11.8 Å². The molecule has 23 heavy (non-hydrogen) atoms. The molecule has 0 spiro atoms. The van der Waals surface area contributed by atoms with E-state index in [-0.39, 0.29) is 12.3 Å². The van der Waals surface area contributed by atoms with E-state index in [4.69, 9.17) is 10.00 Å². The van der Waals surface area contributed by atoms with Crippen molar-refractivity contribution in [2.24, 2.45) is 0 Å². The van der Waals surface area contributed by atoms with Gasteiger partial charge in [0.25, 0.3) is 0 Å². The van der Waals surface area contributed by atoms with Crippen LogP contribution in [0.4, 0.5) is 5.69 Å². The maximum atomic E-state index is 11.5. The van der Waals surface area contributed by atoms with Crippen LogP contribution in [-0.4, -0.2) is 21.5 Å². The van der Waals surface area contributed by atoms with E-state index in [1.165, 1.54) is 12.2 Å². The van der Waals surface area contributed by atoms with Crippen LogP contribution in [0, 0.1) is 21.4 Å². The number of hydrogen-bond donors (Lipinski definition) is 2. The Balaban J connectivity index is 2.46. The number of nitro groups is 1. The second kappa shape index (κ2) is 6.86. The molecule has 2 rings (SSSR count). The fourth-order valence-corrected chi connectivity index (χ4v) is 1.83. The van der Waals surface area contributed by atoms with Crippen LogP contribution in [0.3, 0.4) is 0 Å². The molecule has 0 radical (unpaired) electrons. The summed E-state index contributed by atoms with van der Waals surface area (Å²) < 4.78 is 5.21. The highest BCUT2D eigenvalue weighted by atomic mass is 16.6. The van der Waals surface area contributed by atoms with Gasteiger partial charge in [0.2, 0.25) is 0 Å². The topological polar surface area (TPSA) is 142 Å². The van der Waals surface area contributed by atoms with Crippen molar-refractivity contribution in [1.29, 1.82) is 5.26 Å². The van der Waals surface area contributed by atoms with Crippen LogP contribution in [0.2, 0.25) is 0 Å². The summed E-state index contributed by atoms with van der Waals surface area (Å²) in [6.07, 6.45) is 2.66. The molecule has 0 aliphatic carbocycles. The van der Waals surface area contributed by atoms with Crippen LogP contribution in [0.15, 0.2) is 33.9 Å². The molecule has 2 aromatic rings. The van der Waals surface area contributed by atoms with Crippen molar-refractivity contribution in [2.75, 3.05) is 6.61 Å². The molecule has 1 heterocycles. The molecule has 0 bridgehead atoms. The highest BCUT2D eigenvalue weighted by molar-refractivity contribution is 5.74. The Morgan fingerprint density at radius 3 is 2.70 bits per heavy atom. The Morgan fingerprint density at radius 1 is 1.26 bits per heavy atom. The lowest BCUT2D eigenvalue weighted by Gasteiger charge is -2.05. The lowest BCUT2D eigenvalue weighted by Crippen LogP contribution is -2.25. The largest absolute Gasteiger partial charge is 0.478 e. The first-order valence-electron chi connectivity index (χ1n) is 6.30. The predicted octanol–water partition coefficient (Wildman–Crippen LogP) is 1.04. The van der Waals surface area contributed by atoms with Gasteiger partial charge in [0.05, 0.1) is 4.92 Å². The highest BCUT2D eigenvalue weighted by Gasteiger charge is 2.18. The number of nitriles is 1. The number of aromatic amines is 2. The third-order valence-corrected chi connectivity index (χ3v) is 2.77. The molecule has 0 saturated heterocycles. The maximum absolute atomic E-state index is 11.5. The van der Waals surface area contributed by atoms with Gasteiger partial charge in [-0.1, -0.05) is 18.2 Å². The van der Waals surface area contributed by atoms with Gasteiger partial charge in [0.1, 0.15) is 17.5 Å². The number of nitrogens with zero attached hydrogens (tertiary/aromatic N) is 2. The van der Waals surface area contributed by atoms with E-state index >= 15 is 0 Å². The van der Waals surface area contributed by atoms with Crippen molar-refractivity contribution in [3.63, 3.8) is 0 Å². The quantitative estimate of drug-likeness (QED) is 0.623. The SMILES string of the molecule is N#CCOc1ccccc1/C=C/c1[nH]c(=O)[nH]c(=O)c1[N+](=O)[O-]. The molecular weight excluding hydrogens is 304 g/mol. The summed E-state index contributed by atoms with van der Waals surface area (Å²) in [6.45, 7) is -0.160. The lowest BCUT2D eigenvalue weighted by atomic mass is 10.1. The Kier molecular flexibility index (Phi) is 4.69. The maximum Gasteiger partial charge on any atom is 0.357 e. The number of aromatic nitrogens is 2. The Labute approximate surface area is 128 Å². The van der Waals surface area contributed by atoms with Crippen molar-refractivity contribution in [3.05, 3.63) is 66.5 Å². The minimum absolute atomic E-state index is 0.160. The summed E-state index contributed by atoms with van der Waals surface area (Å²) in [5.74, 6) is 0.389. The average molecular weight is 314 g/mol. The summed E-state index contributed by atoms with van der Waals surface area (Å²) in [5.41, 5.74) is -2.42. The Bertz CT molecular complexity index is 920. The highest BCUT2D eigenvalue weighted by Crippen LogP contribution is 2.21. The Morgan fingerprint density at radius 2 is 2.00 bits per heavy atom. The van der Waals surface area contributed by atoms with E-state index in [2.05, 4.69) is 4.98 Å². The van der Waals surface area contributed by atoms with Gasteiger partial charge in [-0.25, -0.2) is 4.79 Å². The first-order valence-corrected chi connectivity index (χ1v) is 6.30. The number of nitrogens with one attached hydrogen (secondary N) is 2. The smallest absolute Gasteiger partial charge is 0.357 e. The van der Waals surface area contributed by atoms with Gasteiger partial charge >= 0.3 is 16.9 Å². The van der Waals surface area contributed by atoms with Gasteiger partial charge in [-0.05, 0) is 18.2 Å². The lowest BCUT2D eigenvalue weighted by molar-refractivity contribution is -0.386. The van der Waals surface area contributed by atoms with Crippen LogP contribution in [0.1, 0.15) is 11.3 Å². The monoisotopic (exact) mass is 314 g/mol.